The second-order valence-corrected chi connectivity index (χ2v) is 8.93. The van der Waals surface area contributed by atoms with Crippen LogP contribution in [0, 0.1) is 0 Å². The number of hydrogen-bond acceptors (Lipinski definition) is 11. The minimum absolute atomic E-state index is 0.245. The Morgan fingerprint density at radius 1 is 0.686 bits per heavy atom. The zero-order valence-corrected chi connectivity index (χ0v) is 20.4. The van der Waals surface area contributed by atoms with Crippen LogP contribution in [-0.4, -0.2) is 92.6 Å². The van der Waals surface area contributed by atoms with Gasteiger partial charge in [-0.05, 0) is 6.42 Å². The van der Waals surface area contributed by atoms with E-state index in [1.807, 2.05) is 0 Å². The Bertz CT molecular complexity index is 680. The third-order valence-electron chi connectivity index (χ3n) is 6.14. The third kappa shape index (κ3) is 8.49. The Hall–Kier alpha value is -1.60. The highest BCUT2D eigenvalue weighted by Gasteiger charge is 2.45. The summed E-state index contributed by atoms with van der Waals surface area (Å²) >= 11 is 0. The first-order chi connectivity index (χ1) is 16.8. The van der Waals surface area contributed by atoms with Crippen LogP contribution in [0.5, 0.6) is 0 Å². The quantitative estimate of drug-likeness (QED) is 0.149. The van der Waals surface area contributed by atoms with Gasteiger partial charge in [-0.3, -0.25) is 0 Å². The highest BCUT2D eigenvalue weighted by molar-refractivity contribution is 5.16. The lowest BCUT2D eigenvalue weighted by Gasteiger charge is -2.38. The van der Waals surface area contributed by atoms with Gasteiger partial charge in [0.15, 0.2) is 29.1 Å². The van der Waals surface area contributed by atoms with Crippen molar-refractivity contribution in [3.8, 4) is 0 Å². The molecule has 2 heterocycles. The number of ether oxygens (including phenoxy) is 4. The van der Waals surface area contributed by atoms with E-state index >= 15 is 0 Å². The van der Waals surface area contributed by atoms with E-state index in [-0.39, 0.29) is 5.76 Å². The molecular weight excluding hydrogens is 464 g/mol. The van der Waals surface area contributed by atoms with E-state index in [1.54, 1.807) is 0 Å². The Morgan fingerprint density at radius 2 is 1.20 bits per heavy atom. The maximum absolute atomic E-state index is 10.5. The van der Waals surface area contributed by atoms with E-state index < -0.39 is 67.5 Å². The molecule has 6 atom stereocenters. The predicted molar refractivity (Wildman–Crippen MR) is 124 cm³/mol. The first-order valence-corrected chi connectivity index (χ1v) is 12.6. The molecule has 0 saturated heterocycles. The summed E-state index contributed by atoms with van der Waals surface area (Å²) < 4.78 is 21.5. The van der Waals surface area contributed by atoms with Gasteiger partial charge in [0.1, 0.15) is 31.5 Å². The number of aliphatic hydroxyl groups is 7. The zero-order valence-electron chi connectivity index (χ0n) is 20.4. The molecule has 0 amide bonds. The van der Waals surface area contributed by atoms with Crippen LogP contribution in [0.25, 0.3) is 0 Å². The number of rotatable bonds is 16. The minimum atomic E-state index is -1.81. The van der Waals surface area contributed by atoms with Crippen molar-refractivity contribution in [2.45, 2.75) is 108 Å². The van der Waals surface area contributed by atoms with Crippen LogP contribution >= 0.6 is 0 Å². The highest BCUT2D eigenvalue weighted by Crippen LogP contribution is 2.31. The van der Waals surface area contributed by atoms with Crippen molar-refractivity contribution in [1.29, 1.82) is 0 Å². The van der Waals surface area contributed by atoms with Gasteiger partial charge < -0.3 is 54.7 Å². The fourth-order valence-corrected chi connectivity index (χ4v) is 3.99. The fourth-order valence-electron chi connectivity index (χ4n) is 3.99. The lowest BCUT2D eigenvalue weighted by atomic mass is 10.1. The molecule has 11 nitrogen and oxygen atoms in total. The molecule has 0 saturated carbocycles. The van der Waals surface area contributed by atoms with E-state index in [2.05, 4.69) is 6.92 Å². The normalized spacial score (nSPS) is 29.2. The van der Waals surface area contributed by atoms with Crippen molar-refractivity contribution in [3.63, 3.8) is 0 Å². The van der Waals surface area contributed by atoms with E-state index in [4.69, 9.17) is 18.9 Å². The Kier molecular flexibility index (Phi) is 13.1. The molecule has 0 radical (unpaired) electrons. The maximum Gasteiger partial charge on any atom is 0.269 e. The van der Waals surface area contributed by atoms with Gasteiger partial charge in [0.2, 0.25) is 6.29 Å². The van der Waals surface area contributed by atoms with Crippen molar-refractivity contribution in [1.82, 2.24) is 0 Å². The van der Waals surface area contributed by atoms with Gasteiger partial charge in [0.25, 0.3) is 6.29 Å². The van der Waals surface area contributed by atoms with Gasteiger partial charge >= 0.3 is 0 Å². The molecule has 2 rings (SSSR count). The molecule has 2 aliphatic heterocycles. The first kappa shape index (κ1) is 29.6. The molecule has 0 aliphatic carbocycles. The molecule has 0 aromatic carbocycles. The molecular formula is C24H42O11. The zero-order chi connectivity index (χ0) is 25.8. The largest absolute Gasteiger partial charge is 0.506 e. The van der Waals surface area contributed by atoms with E-state index in [1.165, 1.54) is 44.9 Å². The summed E-state index contributed by atoms with van der Waals surface area (Å²) in [6.45, 7) is 1.01. The molecule has 7 N–H and O–H groups in total. The van der Waals surface area contributed by atoms with Crippen LogP contribution < -0.4 is 0 Å². The van der Waals surface area contributed by atoms with Gasteiger partial charge in [0.05, 0.1) is 6.61 Å². The van der Waals surface area contributed by atoms with Crippen LogP contribution in [0.1, 0.15) is 71.1 Å². The van der Waals surface area contributed by atoms with E-state index in [0.29, 0.717) is 6.61 Å². The Balaban J connectivity index is 1.81. The third-order valence-corrected chi connectivity index (χ3v) is 6.14. The fraction of sp³-hybridized carbons (Fsp3) is 0.833. The monoisotopic (exact) mass is 506 g/mol. The topological polar surface area (TPSA) is 179 Å². The standard InChI is InChI=1S/C24H42O11/c1-2-3-4-5-6-7-8-9-10-11-12-32-23-21(31)19(29)22(16(14-26)34-23)35-24-20(30)18(28)17(27)15(13-25)33-24/h18-21,23-31H,2-14H2,1H3/t18-,19-,20+,21+,23+,24+/m0/s1. The molecule has 204 valence electrons. The second-order valence-electron chi connectivity index (χ2n) is 8.93. The number of aliphatic hydroxyl groups excluding tert-OH is 7. The van der Waals surface area contributed by atoms with Crippen LogP contribution in [0.4, 0.5) is 0 Å². The van der Waals surface area contributed by atoms with Gasteiger partial charge in [-0.1, -0.05) is 64.7 Å². The SMILES string of the molecule is CCCCCCCCCCCCO[C@@H]1OC(CO)=C(O[C@H]2OC(CO)=C(O)[C@H](O)[C@H]2O)[C@@H](O)[C@H]1O. The van der Waals surface area contributed by atoms with Gasteiger partial charge in [-0.25, -0.2) is 0 Å². The Morgan fingerprint density at radius 3 is 1.77 bits per heavy atom. The van der Waals surface area contributed by atoms with Gasteiger partial charge in [-0.2, -0.15) is 0 Å². The summed E-state index contributed by atoms with van der Waals surface area (Å²) in [6, 6.07) is 0. The highest BCUT2D eigenvalue weighted by atomic mass is 16.7. The molecule has 0 unspecified atom stereocenters. The molecule has 0 aromatic rings. The summed E-state index contributed by atoms with van der Waals surface area (Å²) in [6.07, 6.45) is 1.85. The average Bonchev–Trinajstić information content (AvgIpc) is 2.86. The lowest BCUT2D eigenvalue weighted by molar-refractivity contribution is -0.244. The predicted octanol–water partition coefficient (Wildman–Crippen LogP) is 1.06. The van der Waals surface area contributed by atoms with Crippen LogP contribution in [0.15, 0.2) is 23.0 Å². The van der Waals surface area contributed by atoms with Crippen molar-refractivity contribution >= 4 is 0 Å². The van der Waals surface area contributed by atoms with Crippen molar-refractivity contribution < 1.29 is 54.7 Å². The van der Waals surface area contributed by atoms with Crippen molar-refractivity contribution in [2.75, 3.05) is 19.8 Å². The smallest absolute Gasteiger partial charge is 0.269 e. The minimum Gasteiger partial charge on any atom is -0.506 e. The summed E-state index contributed by atoms with van der Waals surface area (Å²) in [4.78, 5) is 0. The summed E-state index contributed by atoms with van der Waals surface area (Å²) in [5.74, 6) is -1.85. The lowest BCUT2D eigenvalue weighted by Crippen LogP contribution is -2.50. The molecule has 0 aromatic heterocycles. The van der Waals surface area contributed by atoms with Crippen molar-refractivity contribution in [3.05, 3.63) is 23.0 Å². The number of hydrogen-bond donors (Lipinski definition) is 7. The molecule has 11 heteroatoms. The summed E-state index contributed by atoms with van der Waals surface area (Å²) in [5.41, 5.74) is 0. The average molecular weight is 507 g/mol. The van der Waals surface area contributed by atoms with Gasteiger partial charge in [0, 0.05) is 0 Å². The molecule has 35 heavy (non-hydrogen) atoms. The van der Waals surface area contributed by atoms with Crippen LogP contribution in [0.2, 0.25) is 0 Å². The van der Waals surface area contributed by atoms with Crippen LogP contribution in [0.3, 0.4) is 0 Å². The molecule has 0 fully saturated rings. The van der Waals surface area contributed by atoms with Crippen LogP contribution in [-0.2, 0) is 18.9 Å². The summed E-state index contributed by atoms with van der Waals surface area (Å²) in [7, 11) is 0. The number of unbranched alkanes of at least 4 members (excludes halogenated alkanes) is 9. The van der Waals surface area contributed by atoms with Crippen molar-refractivity contribution in [2.24, 2.45) is 0 Å². The van der Waals surface area contributed by atoms with Gasteiger partial charge in [-0.15, -0.1) is 0 Å². The first-order valence-electron chi connectivity index (χ1n) is 12.6. The Labute approximate surface area is 206 Å². The molecule has 0 spiro atoms. The maximum atomic E-state index is 10.5. The molecule has 2 aliphatic rings. The second kappa shape index (κ2) is 15.5. The molecule has 0 bridgehead atoms. The summed E-state index contributed by atoms with van der Waals surface area (Å²) in [5, 5.41) is 69.6. The van der Waals surface area contributed by atoms with E-state index in [9.17, 15) is 35.7 Å². The van der Waals surface area contributed by atoms with E-state index in [0.717, 1.165) is 19.3 Å².